The summed E-state index contributed by atoms with van der Waals surface area (Å²) >= 11 is 1.25. The molecule has 2 aromatic heterocycles. The van der Waals surface area contributed by atoms with E-state index in [-0.39, 0.29) is 17.5 Å². The molecule has 0 spiro atoms. The number of nitrogens with one attached hydrogen (secondary N) is 1. The second-order valence-corrected chi connectivity index (χ2v) is 8.09. The van der Waals surface area contributed by atoms with Gasteiger partial charge < -0.3 is 5.32 Å². The predicted molar refractivity (Wildman–Crippen MR) is 117 cm³/mol. The number of carbonyl (C=O) groups is 1. The summed E-state index contributed by atoms with van der Waals surface area (Å²) in [5.74, 6) is 0.486. The van der Waals surface area contributed by atoms with Gasteiger partial charge in [-0.1, -0.05) is 36.9 Å². The number of hydrogen-bond acceptors (Lipinski definition) is 5. The number of carbonyl (C=O) groups excluding carboxylic acids is 1. The minimum Gasteiger partial charge on any atom is -0.310 e. The van der Waals surface area contributed by atoms with Gasteiger partial charge >= 0.3 is 0 Å². The van der Waals surface area contributed by atoms with Crippen molar-refractivity contribution in [1.82, 2.24) is 19.3 Å². The number of rotatable bonds is 8. The summed E-state index contributed by atoms with van der Waals surface area (Å²) in [4.78, 5) is 30.3. The number of thioether (sulfide) groups is 1. The van der Waals surface area contributed by atoms with Gasteiger partial charge in [-0.25, -0.2) is 9.67 Å². The van der Waals surface area contributed by atoms with Gasteiger partial charge in [0.25, 0.3) is 5.56 Å². The molecule has 0 aliphatic heterocycles. The van der Waals surface area contributed by atoms with Crippen molar-refractivity contribution in [3.05, 3.63) is 59.5 Å². The topological polar surface area (TPSA) is 81.8 Å². The lowest BCUT2D eigenvalue weighted by Crippen LogP contribution is -2.27. The molecule has 2 atom stereocenters. The molecule has 152 valence electrons. The van der Waals surface area contributed by atoms with Gasteiger partial charge in [-0.15, -0.1) is 6.58 Å². The van der Waals surface area contributed by atoms with Crippen LogP contribution in [0.2, 0.25) is 0 Å². The van der Waals surface area contributed by atoms with E-state index in [1.54, 1.807) is 46.6 Å². The molecule has 0 aliphatic rings. The van der Waals surface area contributed by atoms with E-state index < -0.39 is 5.25 Å². The summed E-state index contributed by atoms with van der Waals surface area (Å²) in [6.45, 7) is 9.97. The van der Waals surface area contributed by atoms with Crippen LogP contribution in [0.3, 0.4) is 0 Å². The molecule has 0 saturated heterocycles. The van der Waals surface area contributed by atoms with Gasteiger partial charge in [0.05, 0.1) is 28.4 Å². The molecular weight excluding hydrogens is 386 g/mol. The van der Waals surface area contributed by atoms with Crippen molar-refractivity contribution in [2.75, 3.05) is 5.32 Å². The van der Waals surface area contributed by atoms with Crippen LogP contribution in [0.25, 0.3) is 10.9 Å². The zero-order chi connectivity index (χ0) is 21.0. The molecule has 8 heteroatoms. The Morgan fingerprint density at radius 2 is 2.07 bits per heavy atom. The van der Waals surface area contributed by atoms with Gasteiger partial charge in [0, 0.05) is 12.6 Å². The van der Waals surface area contributed by atoms with Crippen LogP contribution in [0, 0.1) is 0 Å². The Bertz CT molecular complexity index is 1090. The zero-order valence-corrected chi connectivity index (χ0v) is 17.6. The molecule has 1 amide bonds. The number of anilines is 1. The molecular formula is C21H25N5O2S. The van der Waals surface area contributed by atoms with Crippen LogP contribution in [0.1, 0.15) is 33.2 Å². The van der Waals surface area contributed by atoms with Gasteiger partial charge in [-0.05, 0) is 32.4 Å². The molecule has 0 saturated carbocycles. The lowest BCUT2D eigenvalue weighted by molar-refractivity contribution is -0.115. The number of aromatic nitrogens is 4. The first-order chi connectivity index (χ1) is 14.0. The van der Waals surface area contributed by atoms with Crippen LogP contribution >= 0.6 is 11.8 Å². The van der Waals surface area contributed by atoms with Crippen molar-refractivity contribution in [2.24, 2.45) is 0 Å². The van der Waals surface area contributed by atoms with Crippen LogP contribution in [-0.2, 0) is 11.3 Å². The number of allylic oxidation sites excluding steroid dienone is 1. The first-order valence-electron chi connectivity index (χ1n) is 9.57. The van der Waals surface area contributed by atoms with Gasteiger partial charge in [0.2, 0.25) is 5.91 Å². The molecule has 3 rings (SSSR count). The largest absolute Gasteiger partial charge is 0.310 e. The average Bonchev–Trinajstić information content (AvgIpc) is 3.18. The minimum absolute atomic E-state index is 0.138. The third-order valence-corrected chi connectivity index (χ3v) is 5.81. The van der Waals surface area contributed by atoms with Crippen molar-refractivity contribution in [2.45, 2.75) is 50.2 Å². The Morgan fingerprint density at radius 3 is 2.79 bits per heavy atom. The third-order valence-electron chi connectivity index (χ3n) is 4.72. The van der Waals surface area contributed by atoms with E-state index in [1.807, 2.05) is 19.1 Å². The molecule has 0 aliphatic carbocycles. The van der Waals surface area contributed by atoms with Crippen molar-refractivity contribution in [1.29, 1.82) is 0 Å². The van der Waals surface area contributed by atoms with Gasteiger partial charge in [-0.3, -0.25) is 14.2 Å². The van der Waals surface area contributed by atoms with Crippen LogP contribution in [0.5, 0.6) is 0 Å². The fourth-order valence-electron chi connectivity index (χ4n) is 2.90. The number of hydrogen-bond donors (Lipinski definition) is 1. The maximum Gasteiger partial charge on any atom is 0.262 e. The van der Waals surface area contributed by atoms with E-state index >= 15 is 0 Å². The standard InChI is InChI=1S/C21H25N5O2S/c1-5-13-25-20(28)16-9-7-8-10-17(16)23-21(25)29-15(4)19(27)24-18-11-12-22-26(18)14(3)6-2/h5,7-12,14-15H,1,6,13H2,2-4H3,(H,24,27)/t14-,15-/m0/s1. The van der Waals surface area contributed by atoms with Crippen LogP contribution in [0.4, 0.5) is 5.82 Å². The fourth-order valence-corrected chi connectivity index (χ4v) is 3.82. The second kappa shape index (κ2) is 9.09. The van der Waals surface area contributed by atoms with E-state index in [0.29, 0.717) is 28.4 Å². The molecule has 0 bridgehead atoms. The van der Waals surface area contributed by atoms with Crippen LogP contribution in [0.15, 0.2) is 59.1 Å². The van der Waals surface area contributed by atoms with E-state index in [4.69, 9.17) is 0 Å². The van der Waals surface area contributed by atoms with Crippen molar-refractivity contribution < 1.29 is 4.79 Å². The molecule has 0 radical (unpaired) electrons. The maximum absolute atomic E-state index is 12.8. The first-order valence-corrected chi connectivity index (χ1v) is 10.5. The fraction of sp³-hybridized carbons (Fsp3) is 0.333. The highest BCUT2D eigenvalue weighted by Crippen LogP contribution is 2.24. The molecule has 2 heterocycles. The van der Waals surface area contributed by atoms with E-state index in [2.05, 4.69) is 28.9 Å². The van der Waals surface area contributed by atoms with Crippen molar-refractivity contribution >= 4 is 34.4 Å². The average molecular weight is 412 g/mol. The number of benzene rings is 1. The smallest absolute Gasteiger partial charge is 0.262 e. The van der Waals surface area contributed by atoms with Gasteiger partial charge in [-0.2, -0.15) is 5.10 Å². The van der Waals surface area contributed by atoms with Gasteiger partial charge in [0.1, 0.15) is 5.82 Å². The molecule has 1 aromatic carbocycles. The Labute approximate surface area is 173 Å². The Hall–Kier alpha value is -2.87. The predicted octanol–water partition coefficient (Wildman–Crippen LogP) is 3.87. The minimum atomic E-state index is -0.459. The Kier molecular flexibility index (Phi) is 6.53. The van der Waals surface area contributed by atoms with Gasteiger partial charge in [0.15, 0.2) is 5.16 Å². The molecule has 0 unspecified atom stereocenters. The highest BCUT2D eigenvalue weighted by molar-refractivity contribution is 8.00. The Balaban J connectivity index is 1.85. The molecule has 7 nitrogen and oxygen atoms in total. The lowest BCUT2D eigenvalue weighted by atomic mass is 10.2. The lowest BCUT2D eigenvalue weighted by Gasteiger charge is -2.17. The Morgan fingerprint density at radius 1 is 1.31 bits per heavy atom. The maximum atomic E-state index is 12.8. The summed E-state index contributed by atoms with van der Waals surface area (Å²) in [7, 11) is 0. The van der Waals surface area contributed by atoms with Crippen LogP contribution in [-0.4, -0.2) is 30.5 Å². The summed E-state index contributed by atoms with van der Waals surface area (Å²) in [6.07, 6.45) is 4.23. The molecule has 1 N–H and O–H groups in total. The number of amides is 1. The summed E-state index contributed by atoms with van der Waals surface area (Å²) in [5.41, 5.74) is 0.475. The van der Waals surface area contributed by atoms with Crippen LogP contribution < -0.4 is 10.9 Å². The summed E-state index contributed by atoms with van der Waals surface area (Å²) < 4.78 is 3.35. The number of fused-ring (bicyclic) bond motifs is 1. The van der Waals surface area contributed by atoms with Crippen molar-refractivity contribution in [3.8, 4) is 0 Å². The summed E-state index contributed by atoms with van der Waals surface area (Å²) in [6, 6.07) is 9.17. The second-order valence-electron chi connectivity index (χ2n) is 6.78. The summed E-state index contributed by atoms with van der Waals surface area (Å²) in [5, 5.41) is 7.81. The molecule has 3 aromatic rings. The zero-order valence-electron chi connectivity index (χ0n) is 16.8. The van der Waals surface area contributed by atoms with E-state index in [0.717, 1.165) is 6.42 Å². The monoisotopic (exact) mass is 411 g/mol. The number of nitrogens with zero attached hydrogens (tertiary/aromatic N) is 4. The molecule has 0 fully saturated rings. The highest BCUT2D eigenvalue weighted by Gasteiger charge is 2.21. The highest BCUT2D eigenvalue weighted by atomic mass is 32.2. The van der Waals surface area contributed by atoms with E-state index in [1.165, 1.54) is 11.8 Å². The number of para-hydroxylation sites is 1. The van der Waals surface area contributed by atoms with Crippen molar-refractivity contribution in [3.63, 3.8) is 0 Å². The normalized spacial score (nSPS) is 13.2. The third kappa shape index (κ3) is 4.42. The first kappa shape index (κ1) is 20.9. The SMILES string of the molecule is C=CCn1c(S[C@@H](C)C(=O)Nc2ccnn2[C@@H](C)CC)nc2ccccc2c1=O. The molecule has 29 heavy (non-hydrogen) atoms. The van der Waals surface area contributed by atoms with E-state index in [9.17, 15) is 9.59 Å². The quantitative estimate of drug-likeness (QED) is 0.346.